The number of nitrogens with one attached hydrogen (secondary N) is 3. The summed E-state index contributed by atoms with van der Waals surface area (Å²) in [6.07, 6.45) is 2.45. The quantitative estimate of drug-likeness (QED) is 0.285. The third-order valence-corrected chi connectivity index (χ3v) is 6.68. The largest absolute Gasteiger partial charge is 0.508 e. The van der Waals surface area contributed by atoms with E-state index in [4.69, 9.17) is 4.74 Å². The second kappa shape index (κ2) is 15.0. The number of rotatable bonds is 13. The fraction of sp³-hybridized carbons (Fsp3) is 0.429. The second-order valence-electron chi connectivity index (χ2n) is 9.31. The number of phenols is 1. The highest BCUT2D eigenvalue weighted by atomic mass is 32.2. The molecule has 0 spiro atoms. The predicted molar refractivity (Wildman–Crippen MR) is 148 cm³/mol. The van der Waals surface area contributed by atoms with Gasteiger partial charge in [-0.2, -0.15) is 11.8 Å². The minimum atomic E-state index is -1.01. The fourth-order valence-electron chi connectivity index (χ4n) is 3.73. The molecule has 0 saturated carbocycles. The van der Waals surface area contributed by atoms with Crippen LogP contribution in [0.4, 0.5) is 0 Å². The Morgan fingerprint density at radius 2 is 1.61 bits per heavy atom. The maximum absolute atomic E-state index is 13.4. The number of amides is 3. The monoisotopic (exact) mass is 543 g/mol. The van der Waals surface area contributed by atoms with Gasteiger partial charge in [-0.05, 0) is 54.5 Å². The maximum atomic E-state index is 13.4. The standard InChI is InChI=1S/C28H37N3O6S/c1-17(2)24(31-25(33)20-12-11-18(3)23(32)16-20)27(35)30-22(15-19-9-7-6-8-10-19)26(34)29-21(13-14-38-5)28(36)37-4/h6-12,16-17,21-22,24,32H,13-15H2,1-5H3,(H,29,34)(H,30,35)(H,31,33)/t21-,22-,24-/m0/s1. The Balaban J connectivity index is 2.25. The molecule has 0 aliphatic rings. The van der Waals surface area contributed by atoms with Crippen LogP contribution in [0.25, 0.3) is 0 Å². The molecule has 3 amide bonds. The molecule has 4 N–H and O–H groups in total. The third kappa shape index (κ3) is 9.09. The zero-order valence-electron chi connectivity index (χ0n) is 22.4. The summed E-state index contributed by atoms with van der Waals surface area (Å²) in [5.74, 6) is -1.86. The van der Waals surface area contributed by atoms with Crippen LogP contribution in [0.2, 0.25) is 0 Å². The van der Waals surface area contributed by atoms with Crippen molar-refractivity contribution in [1.29, 1.82) is 0 Å². The number of phenolic OH excluding ortho intramolecular Hbond substituents is 1. The lowest BCUT2D eigenvalue weighted by Gasteiger charge is -2.26. The van der Waals surface area contributed by atoms with Crippen LogP contribution >= 0.6 is 11.8 Å². The Morgan fingerprint density at radius 1 is 0.947 bits per heavy atom. The summed E-state index contributed by atoms with van der Waals surface area (Å²) in [4.78, 5) is 51.8. The molecule has 0 aromatic heterocycles. The molecule has 2 rings (SSSR count). The first-order valence-corrected chi connectivity index (χ1v) is 13.8. The van der Waals surface area contributed by atoms with E-state index in [0.717, 1.165) is 5.56 Å². The Morgan fingerprint density at radius 3 is 2.18 bits per heavy atom. The molecule has 0 unspecified atom stereocenters. The minimum Gasteiger partial charge on any atom is -0.508 e. The van der Waals surface area contributed by atoms with Crippen LogP contribution in [0.5, 0.6) is 5.75 Å². The van der Waals surface area contributed by atoms with Crippen LogP contribution in [-0.4, -0.2) is 66.0 Å². The van der Waals surface area contributed by atoms with Crippen LogP contribution in [-0.2, 0) is 25.5 Å². The molecule has 0 bridgehead atoms. The Kier molecular flexibility index (Phi) is 12.1. The molecule has 10 heteroatoms. The van der Waals surface area contributed by atoms with Crippen molar-refractivity contribution in [3.8, 4) is 5.75 Å². The number of esters is 1. The summed E-state index contributed by atoms with van der Waals surface area (Å²) < 4.78 is 4.85. The topological polar surface area (TPSA) is 134 Å². The number of thioether (sulfide) groups is 1. The molecule has 206 valence electrons. The normalized spacial score (nSPS) is 13.2. The van der Waals surface area contributed by atoms with Gasteiger partial charge in [0.25, 0.3) is 5.91 Å². The Hall–Kier alpha value is -3.53. The van der Waals surface area contributed by atoms with E-state index < -0.39 is 41.8 Å². The number of carbonyl (C=O) groups excluding carboxylic acids is 4. The molecule has 0 aliphatic carbocycles. The fourth-order valence-corrected chi connectivity index (χ4v) is 4.20. The van der Waals surface area contributed by atoms with Crippen molar-refractivity contribution in [1.82, 2.24) is 16.0 Å². The van der Waals surface area contributed by atoms with Crippen molar-refractivity contribution in [2.75, 3.05) is 19.1 Å². The van der Waals surface area contributed by atoms with Gasteiger partial charge < -0.3 is 25.8 Å². The number of methoxy groups -OCH3 is 1. The maximum Gasteiger partial charge on any atom is 0.328 e. The van der Waals surface area contributed by atoms with Crippen LogP contribution < -0.4 is 16.0 Å². The molecule has 2 aromatic carbocycles. The number of hydrogen-bond acceptors (Lipinski definition) is 7. The van der Waals surface area contributed by atoms with Gasteiger partial charge in [-0.1, -0.05) is 50.2 Å². The second-order valence-corrected chi connectivity index (χ2v) is 10.3. The van der Waals surface area contributed by atoms with Crippen LogP contribution in [0.1, 0.15) is 41.8 Å². The van der Waals surface area contributed by atoms with Crippen LogP contribution in [0.3, 0.4) is 0 Å². The first-order chi connectivity index (χ1) is 18.1. The average molecular weight is 544 g/mol. The molecule has 2 aromatic rings. The van der Waals surface area contributed by atoms with E-state index in [1.165, 1.54) is 24.9 Å². The van der Waals surface area contributed by atoms with Gasteiger partial charge in [-0.25, -0.2) is 4.79 Å². The molecular formula is C28H37N3O6S. The molecular weight excluding hydrogens is 506 g/mol. The lowest BCUT2D eigenvalue weighted by molar-refractivity contribution is -0.145. The van der Waals surface area contributed by atoms with Gasteiger partial charge in [0.1, 0.15) is 23.9 Å². The Bertz CT molecular complexity index is 1110. The van der Waals surface area contributed by atoms with Gasteiger partial charge in [-0.3, -0.25) is 14.4 Å². The summed E-state index contributed by atoms with van der Waals surface area (Å²) in [5.41, 5.74) is 1.64. The highest BCUT2D eigenvalue weighted by Crippen LogP contribution is 2.18. The van der Waals surface area contributed by atoms with Crippen molar-refractivity contribution < 1.29 is 29.0 Å². The summed E-state index contributed by atoms with van der Waals surface area (Å²) in [6, 6.07) is 10.9. The van der Waals surface area contributed by atoms with E-state index >= 15 is 0 Å². The molecule has 0 aliphatic heterocycles. The average Bonchev–Trinajstić information content (AvgIpc) is 2.90. The lowest BCUT2D eigenvalue weighted by Crippen LogP contribution is -2.57. The zero-order chi connectivity index (χ0) is 28.2. The number of aromatic hydroxyl groups is 1. The van der Waals surface area contributed by atoms with Crippen molar-refractivity contribution in [3.05, 3.63) is 65.2 Å². The predicted octanol–water partition coefficient (Wildman–Crippen LogP) is 2.59. The molecule has 38 heavy (non-hydrogen) atoms. The van der Waals surface area contributed by atoms with Crippen molar-refractivity contribution in [2.45, 2.75) is 51.7 Å². The van der Waals surface area contributed by atoms with Gasteiger partial charge in [0.2, 0.25) is 11.8 Å². The van der Waals surface area contributed by atoms with E-state index in [-0.39, 0.29) is 23.7 Å². The first-order valence-electron chi connectivity index (χ1n) is 12.4. The SMILES string of the molecule is COC(=O)[C@H](CCSC)NC(=O)[C@H](Cc1ccccc1)NC(=O)[C@@H](NC(=O)c1ccc(C)c(O)c1)C(C)C. The summed E-state index contributed by atoms with van der Waals surface area (Å²) >= 11 is 1.53. The molecule has 0 saturated heterocycles. The number of benzene rings is 2. The van der Waals surface area contributed by atoms with Crippen LogP contribution in [0.15, 0.2) is 48.5 Å². The highest BCUT2D eigenvalue weighted by molar-refractivity contribution is 7.98. The smallest absolute Gasteiger partial charge is 0.328 e. The molecule has 9 nitrogen and oxygen atoms in total. The van der Waals surface area contributed by atoms with Crippen molar-refractivity contribution >= 4 is 35.5 Å². The third-order valence-electron chi connectivity index (χ3n) is 6.04. The highest BCUT2D eigenvalue weighted by Gasteiger charge is 2.31. The zero-order valence-corrected chi connectivity index (χ0v) is 23.3. The Labute approximate surface area is 228 Å². The number of aryl methyl sites for hydroxylation is 1. The lowest BCUT2D eigenvalue weighted by atomic mass is 10.00. The minimum absolute atomic E-state index is 0.0237. The van der Waals surface area contributed by atoms with Gasteiger partial charge in [0.05, 0.1) is 7.11 Å². The number of ether oxygens (including phenoxy) is 1. The van der Waals surface area contributed by atoms with Gasteiger partial charge in [0.15, 0.2) is 0 Å². The van der Waals surface area contributed by atoms with E-state index in [0.29, 0.717) is 17.7 Å². The summed E-state index contributed by atoms with van der Waals surface area (Å²) in [7, 11) is 1.26. The van der Waals surface area contributed by atoms with Gasteiger partial charge >= 0.3 is 5.97 Å². The van der Waals surface area contributed by atoms with Crippen molar-refractivity contribution in [2.24, 2.45) is 5.92 Å². The number of hydrogen-bond donors (Lipinski definition) is 4. The molecule has 0 fully saturated rings. The molecule has 3 atom stereocenters. The van der Waals surface area contributed by atoms with Crippen LogP contribution in [0, 0.1) is 12.8 Å². The van der Waals surface area contributed by atoms with E-state index in [1.807, 2.05) is 36.6 Å². The van der Waals surface area contributed by atoms with Gasteiger partial charge in [0, 0.05) is 12.0 Å². The first kappa shape index (κ1) is 30.7. The molecule has 0 heterocycles. The summed E-state index contributed by atoms with van der Waals surface area (Å²) in [6.45, 7) is 5.27. The number of carbonyl (C=O) groups is 4. The van der Waals surface area contributed by atoms with E-state index in [1.54, 1.807) is 32.9 Å². The van der Waals surface area contributed by atoms with Crippen molar-refractivity contribution in [3.63, 3.8) is 0 Å². The molecule has 0 radical (unpaired) electrons. The van der Waals surface area contributed by atoms with E-state index in [9.17, 15) is 24.3 Å². The summed E-state index contributed by atoms with van der Waals surface area (Å²) in [5, 5.41) is 18.2. The van der Waals surface area contributed by atoms with E-state index in [2.05, 4.69) is 16.0 Å². The van der Waals surface area contributed by atoms with Gasteiger partial charge in [-0.15, -0.1) is 0 Å².